The van der Waals surface area contributed by atoms with E-state index in [1.807, 2.05) is 84.9 Å². The zero-order chi connectivity index (χ0) is 22.3. The predicted octanol–water partition coefficient (Wildman–Crippen LogP) is 6.36. The summed E-state index contributed by atoms with van der Waals surface area (Å²) in [5.41, 5.74) is 3.68. The van der Waals surface area contributed by atoms with Gasteiger partial charge in [0.15, 0.2) is 11.5 Å². The van der Waals surface area contributed by atoms with Crippen LogP contribution in [0.4, 0.5) is 0 Å². The minimum Gasteiger partial charge on any atom is -0.493 e. The van der Waals surface area contributed by atoms with Gasteiger partial charge >= 0.3 is 0 Å². The molecule has 0 atom stereocenters. The Balaban J connectivity index is 1.64. The Labute approximate surface area is 187 Å². The van der Waals surface area contributed by atoms with Crippen LogP contribution in [0.3, 0.4) is 0 Å². The Kier molecular flexibility index (Phi) is 6.16. The molecule has 0 heterocycles. The van der Waals surface area contributed by atoms with Crippen molar-refractivity contribution in [3.8, 4) is 23.6 Å². The normalized spacial score (nSPS) is 10.9. The fourth-order valence-electron chi connectivity index (χ4n) is 3.60. The van der Waals surface area contributed by atoms with E-state index >= 15 is 0 Å². The fraction of sp³-hybridized carbons (Fsp3) is 0.0714. The Morgan fingerprint density at radius 2 is 1.66 bits per heavy atom. The molecule has 0 bridgehead atoms. The molecule has 154 valence electrons. The first kappa shape index (κ1) is 20.7. The Morgan fingerprint density at radius 3 is 2.47 bits per heavy atom. The summed E-state index contributed by atoms with van der Waals surface area (Å²) in [6, 6.07) is 31.3. The number of allylic oxidation sites excluding steroid dienone is 1. The molecular weight excluding hydrogens is 396 g/mol. The number of benzene rings is 4. The lowest BCUT2D eigenvalue weighted by molar-refractivity contribution is 0.284. The molecule has 0 amide bonds. The van der Waals surface area contributed by atoms with E-state index < -0.39 is 0 Å². The lowest BCUT2D eigenvalue weighted by Crippen LogP contribution is -2.00. The molecule has 4 rings (SSSR count). The second-order valence-corrected chi connectivity index (χ2v) is 7.16. The van der Waals surface area contributed by atoms with Gasteiger partial charge in [-0.3, -0.25) is 0 Å². The molecule has 0 radical (unpaired) electrons. The summed E-state index contributed by atoms with van der Waals surface area (Å²) in [6.07, 6.45) is 1.85. The average molecular weight is 416 g/mol. The van der Waals surface area contributed by atoms with Crippen LogP contribution < -0.4 is 9.47 Å². The highest BCUT2D eigenvalue weighted by atomic mass is 16.5. The molecule has 4 aromatic rings. The molecule has 0 aliphatic heterocycles. The summed E-state index contributed by atoms with van der Waals surface area (Å²) in [5.74, 6) is 1.13. The van der Waals surface area contributed by atoms with E-state index in [0.717, 1.165) is 27.5 Å². The van der Waals surface area contributed by atoms with Gasteiger partial charge in [0.1, 0.15) is 6.61 Å². The number of hydrogen-bond donors (Lipinski definition) is 0. The lowest BCUT2D eigenvalue weighted by atomic mass is 9.97. The molecular formula is C28H20N2O2. The molecule has 0 unspecified atom stereocenters. The van der Waals surface area contributed by atoms with E-state index in [2.05, 4.69) is 12.1 Å². The number of ether oxygens (including phenoxy) is 2. The zero-order valence-electron chi connectivity index (χ0n) is 17.6. The lowest BCUT2D eigenvalue weighted by Gasteiger charge is -2.12. The monoisotopic (exact) mass is 416 g/mol. The highest BCUT2D eigenvalue weighted by Crippen LogP contribution is 2.32. The number of nitrogens with zero attached hydrogens (tertiary/aromatic N) is 2. The number of nitriles is 2. The predicted molar refractivity (Wildman–Crippen MR) is 126 cm³/mol. The summed E-state index contributed by atoms with van der Waals surface area (Å²) in [7, 11) is 1.58. The van der Waals surface area contributed by atoms with Crippen LogP contribution in [0.5, 0.6) is 11.5 Å². The van der Waals surface area contributed by atoms with Gasteiger partial charge in [0, 0.05) is 11.1 Å². The molecule has 0 fully saturated rings. The van der Waals surface area contributed by atoms with Gasteiger partial charge in [0.2, 0.25) is 0 Å². The van der Waals surface area contributed by atoms with E-state index in [1.165, 1.54) is 0 Å². The topological polar surface area (TPSA) is 66.0 Å². The van der Waals surface area contributed by atoms with Gasteiger partial charge in [0.05, 0.1) is 30.4 Å². The number of hydrogen-bond acceptors (Lipinski definition) is 4. The van der Waals surface area contributed by atoms with Crippen LogP contribution in [-0.2, 0) is 6.61 Å². The summed E-state index contributed by atoms with van der Waals surface area (Å²) < 4.78 is 11.4. The van der Waals surface area contributed by atoms with Gasteiger partial charge in [-0.1, -0.05) is 66.7 Å². The highest BCUT2D eigenvalue weighted by molar-refractivity contribution is 6.01. The molecule has 32 heavy (non-hydrogen) atoms. The summed E-state index contributed by atoms with van der Waals surface area (Å²) in [4.78, 5) is 0. The van der Waals surface area contributed by atoms with Gasteiger partial charge in [-0.25, -0.2) is 0 Å². The first-order valence-electron chi connectivity index (χ1n) is 10.1. The molecule has 4 aromatic carbocycles. The second-order valence-electron chi connectivity index (χ2n) is 7.16. The van der Waals surface area contributed by atoms with Crippen molar-refractivity contribution >= 4 is 22.4 Å². The molecule has 0 aliphatic carbocycles. The van der Waals surface area contributed by atoms with Crippen LogP contribution in [-0.4, -0.2) is 7.11 Å². The van der Waals surface area contributed by atoms with Crippen LogP contribution in [0.25, 0.3) is 22.4 Å². The Hall–Kier alpha value is -4.54. The minimum atomic E-state index is 0.259. The number of fused-ring (bicyclic) bond motifs is 1. The van der Waals surface area contributed by atoms with Crippen LogP contribution in [0, 0.1) is 22.7 Å². The van der Waals surface area contributed by atoms with E-state index in [4.69, 9.17) is 9.47 Å². The molecule has 4 nitrogen and oxygen atoms in total. The van der Waals surface area contributed by atoms with Crippen LogP contribution in [0.1, 0.15) is 22.3 Å². The first-order chi connectivity index (χ1) is 15.7. The van der Waals surface area contributed by atoms with Crippen LogP contribution in [0.2, 0.25) is 0 Å². The van der Waals surface area contributed by atoms with Crippen molar-refractivity contribution in [2.75, 3.05) is 7.11 Å². The maximum atomic E-state index is 9.84. The largest absolute Gasteiger partial charge is 0.493 e. The van der Waals surface area contributed by atoms with Gasteiger partial charge in [-0.2, -0.15) is 10.5 Å². The third kappa shape index (κ3) is 4.31. The number of rotatable bonds is 6. The first-order valence-corrected chi connectivity index (χ1v) is 10.1. The quantitative estimate of drug-likeness (QED) is 0.271. The third-order valence-corrected chi connectivity index (χ3v) is 5.22. The molecule has 0 spiro atoms. The van der Waals surface area contributed by atoms with Gasteiger partial charge in [-0.05, 0) is 40.6 Å². The van der Waals surface area contributed by atoms with Gasteiger partial charge in [-0.15, -0.1) is 0 Å². The third-order valence-electron chi connectivity index (χ3n) is 5.22. The van der Waals surface area contributed by atoms with Crippen molar-refractivity contribution in [3.05, 3.63) is 107 Å². The maximum Gasteiger partial charge on any atom is 0.161 e. The SMILES string of the molecule is COc1cc(/C=C(\C#N)c2cccc3ccccc23)ccc1OCc1ccccc1C#N. The standard InChI is InChI=1S/C28H20N2O2/c1-31-28-16-20(13-14-27(28)32-19-23-9-3-2-8-22(23)17-29)15-24(18-30)26-12-6-10-21-7-4-5-11-25(21)26/h2-16H,19H2,1H3/b24-15+. The maximum absolute atomic E-state index is 9.84. The second kappa shape index (κ2) is 9.51. The molecule has 0 aliphatic rings. The summed E-state index contributed by atoms with van der Waals surface area (Å²) in [5, 5.41) is 21.2. The van der Waals surface area contributed by atoms with Crippen molar-refractivity contribution in [2.24, 2.45) is 0 Å². The number of methoxy groups -OCH3 is 1. The van der Waals surface area contributed by atoms with E-state index in [9.17, 15) is 10.5 Å². The van der Waals surface area contributed by atoms with Crippen LogP contribution in [0.15, 0.2) is 84.9 Å². The molecule has 0 N–H and O–H groups in total. The Bertz CT molecular complexity index is 1390. The van der Waals surface area contributed by atoms with E-state index in [0.29, 0.717) is 22.6 Å². The van der Waals surface area contributed by atoms with Gasteiger partial charge < -0.3 is 9.47 Å². The summed E-state index contributed by atoms with van der Waals surface area (Å²) in [6.45, 7) is 0.259. The minimum absolute atomic E-state index is 0.259. The Morgan fingerprint density at radius 1 is 0.875 bits per heavy atom. The van der Waals surface area contributed by atoms with Crippen LogP contribution >= 0.6 is 0 Å². The average Bonchev–Trinajstić information content (AvgIpc) is 2.86. The molecule has 0 saturated carbocycles. The summed E-state index contributed by atoms with van der Waals surface area (Å²) >= 11 is 0. The van der Waals surface area contributed by atoms with Crippen molar-refractivity contribution in [2.45, 2.75) is 6.61 Å². The van der Waals surface area contributed by atoms with Crippen molar-refractivity contribution in [3.63, 3.8) is 0 Å². The van der Waals surface area contributed by atoms with E-state index in [1.54, 1.807) is 13.2 Å². The molecule has 0 aromatic heterocycles. The van der Waals surface area contributed by atoms with Gasteiger partial charge in [0.25, 0.3) is 0 Å². The van der Waals surface area contributed by atoms with Crippen molar-refractivity contribution in [1.82, 2.24) is 0 Å². The van der Waals surface area contributed by atoms with Crippen molar-refractivity contribution < 1.29 is 9.47 Å². The zero-order valence-corrected chi connectivity index (χ0v) is 17.6. The smallest absolute Gasteiger partial charge is 0.161 e. The fourth-order valence-corrected chi connectivity index (χ4v) is 3.60. The van der Waals surface area contributed by atoms with Crippen molar-refractivity contribution in [1.29, 1.82) is 10.5 Å². The van der Waals surface area contributed by atoms with E-state index in [-0.39, 0.29) is 6.61 Å². The molecule has 4 heteroatoms. The highest BCUT2D eigenvalue weighted by Gasteiger charge is 2.10. The molecule has 0 saturated heterocycles.